The summed E-state index contributed by atoms with van der Waals surface area (Å²) in [5.41, 5.74) is 4.54. The topological polar surface area (TPSA) is 52.5 Å². The Morgan fingerprint density at radius 3 is 2.44 bits per heavy atom. The summed E-state index contributed by atoms with van der Waals surface area (Å²) in [7, 11) is 5.16. The van der Waals surface area contributed by atoms with Crippen LogP contribution >= 0.6 is 0 Å². The van der Waals surface area contributed by atoms with Gasteiger partial charge in [-0.25, -0.2) is 0 Å². The smallest absolute Gasteiger partial charge is 0.253 e. The Balaban J connectivity index is 1.82. The van der Waals surface area contributed by atoms with Gasteiger partial charge in [-0.05, 0) is 24.6 Å². The van der Waals surface area contributed by atoms with Crippen molar-refractivity contribution in [2.75, 3.05) is 14.2 Å². The van der Waals surface area contributed by atoms with Gasteiger partial charge in [0.15, 0.2) is 11.5 Å². The van der Waals surface area contributed by atoms with Gasteiger partial charge in [-0.1, -0.05) is 42.5 Å². The summed E-state index contributed by atoms with van der Waals surface area (Å²) in [5, 5.41) is 2.99. The molecule has 140 valence electrons. The molecule has 0 bridgehead atoms. The number of hydrogen-bond acceptors (Lipinski definition) is 3. The number of nitrogens with one attached hydrogen (secondary N) is 1. The van der Waals surface area contributed by atoms with Crippen LogP contribution in [0.25, 0.3) is 11.3 Å². The average molecular weight is 364 g/mol. The number of methoxy groups -OCH3 is 2. The third kappa shape index (κ3) is 3.67. The van der Waals surface area contributed by atoms with Gasteiger partial charge in [0.2, 0.25) is 0 Å². The van der Waals surface area contributed by atoms with Crippen LogP contribution in [-0.2, 0) is 13.6 Å². The molecule has 27 heavy (non-hydrogen) atoms. The van der Waals surface area contributed by atoms with E-state index in [1.54, 1.807) is 14.2 Å². The van der Waals surface area contributed by atoms with Crippen LogP contribution in [-0.4, -0.2) is 24.7 Å². The van der Waals surface area contributed by atoms with Gasteiger partial charge in [-0.15, -0.1) is 0 Å². The third-order valence-electron chi connectivity index (χ3n) is 4.77. The van der Waals surface area contributed by atoms with Gasteiger partial charge < -0.3 is 19.4 Å². The number of carbonyl (C=O) groups excluding carboxylic acids is 1. The molecule has 0 aliphatic carbocycles. The van der Waals surface area contributed by atoms with Crippen molar-refractivity contribution in [1.29, 1.82) is 0 Å². The minimum Gasteiger partial charge on any atom is -0.493 e. The van der Waals surface area contributed by atoms with E-state index >= 15 is 0 Å². The molecular formula is C22H24N2O3. The third-order valence-corrected chi connectivity index (χ3v) is 4.77. The van der Waals surface area contributed by atoms with E-state index in [1.807, 2.05) is 73.1 Å². The van der Waals surface area contributed by atoms with Gasteiger partial charge >= 0.3 is 0 Å². The highest BCUT2D eigenvalue weighted by atomic mass is 16.5. The standard InChI is InChI=1S/C22H24N2O3/c1-15-18(13-19(24(15)2)16-9-6-5-7-10-16)22(25)23-14-17-11-8-12-20(26-3)21(17)27-4/h5-13H,14H2,1-4H3,(H,23,25). The summed E-state index contributed by atoms with van der Waals surface area (Å²) < 4.78 is 12.8. The van der Waals surface area contributed by atoms with Crippen molar-refractivity contribution in [1.82, 2.24) is 9.88 Å². The van der Waals surface area contributed by atoms with Gasteiger partial charge in [0, 0.05) is 30.5 Å². The quantitative estimate of drug-likeness (QED) is 0.721. The van der Waals surface area contributed by atoms with Gasteiger partial charge in [-0.3, -0.25) is 4.79 Å². The van der Waals surface area contributed by atoms with Crippen LogP contribution in [0.5, 0.6) is 11.5 Å². The van der Waals surface area contributed by atoms with E-state index in [0.29, 0.717) is 23.6 Å². The Labute approximate surface area is 159 Å². The number of aromatic nitrogens is 1. The molecule has 0 radical (unpaired) electrons. The molecule has 1 N–H and O–H groups in total. The number of hydrogen-bond donors (Lipinski definition) is 1. The number of carbonyl (C=O) groups is 1. The fourth-order valence-electron chi connectivity index (χ4n) is 3.18. The minimum atomic E-state index is -0.116. The Morgan fingerprint density at radius 2 is 1.78 bits per heavy atom. The Bertz CT molecular complexity index is 946. The van der Waals surface area contributed by atoms with E-state index in [-0.39, 0.29) is 5.91 Å². The second-order valence-corrected chi connectivity index (χ2v) is 6.29. The minimum absolute atomic E-state index is 0.116. The zero-order valence-corrected chi connectivity index (χ0v) is 16.1. The SMILES string of the molecule is COc1cccc(CNC(=O)c2cc(-c3ccccc3)n(C)c2C)c1OC. The number of rotatable bonds is 6. The summed E-state index contributed by atoms with van der Waals surface area (Å²) in [6.45, 7) is 2.31. The molecule has 5 nitrogen and oxygen atoms in total. The number of nitrogens with zero attached hydrogens (tertiary/aromatic N) is 1. The van der Waals surface area contributed by atoms with Crippen molar-refractivity contribution in [3.05, 3.63) is 71.4 Å². The van der Waals surface area contributed by atoms with Crippen LogP contribution in [0.1, 0.15) is 21.6 Å². The maximum absolute atomic E-state index is 12.8. The highest BCUT2D eigenvalue weighted by Gasteiger charge is 2.17. The molecule has 0 spiro atoms. The number of ether oxygens (including phenoxy) is 2. The van der Waals surface area contributed by atoms with Crippen molar-refractivity contribution < 1.29 is 14.3 Å². The van der Waals surface area contributed by atoms with Gasteiger partial charge in [0.05, 0.1) is 19.8 Å². The Kier molecular flexibility index (Phi) is 5.50. The van der Waals surface area contributed by atoms with Gasteiger partial charge in [0.1, 0.15) is 0 Å². The Morgan fingerprint density at radius 1 is 1.04 bits per heavy atom. The molecule has 0 unspecified atom stereocenters. The summed E-state index contributed by atoms with van der Waals surface area (Å²) in [4.78, 5) is 12.8. The lowest BCUT2D eigenvalue weighted by atomic mass is 10.1. The zero-order chi connectivity index (χ0) is 19.4. The molecule has 0 aliphatic rings. The molecule has 3 aromatic rings. The predicted molar refractivity (Wildman–Crippen MR) is 106 cm³/mol. The van der Waals surface area contributed by atoms with Gasteiger partial charge in [-0.2, -0.15) is 0 Å². The molecule has 5 heteroatoms. The lowest BCUT2D eigenvalue weighted by molar-refractivity contribution is 0.0950. The lowest BCUT2D eigenvalue weighted by Gasteiger charge is -2.13. The van der Waals surface area contributed by atoms with Crippen LogP contribution in [0.3, 0.4) is 0 Å². The van der Waals surface area contributed by atoms with E-state index in [4.69, 9.17) is 9.47 Å². The molecule has 1 amide bonds. The van der Waals surface area contributed by atoms with E-state index in [2.05, 4.69) is 5.32 Å². The molecule has 0 aliphatic heterocycles. The lowest BCUT2D eigenvalue weighted by Crippen LogP contribution is -2.23. The maximum atomic E-state index is 12.8. The van der Waals surface area contributed by atoms with E-state index in [1.165, 1.54) is 0 Å². The summed E-state index contributed by atoms with van der Waals surface area (Å²) in [6.07, 6.45) is 0. The first-order valence-electron chi connectivity index (χ1n) is 8.76. The van der Waals surface area contributed by atoms with Crippen molar-refractivity contribution in [3.63, 3.8) is 0 Å². The van der Waals surface area contributed by atoms with E-state index in [9.17, 15) is 4.79 Å². The normalized spacial score (nSPS) is 10.5. The molecule has 2 aromatic carbocycles. The first kappa shape index (κ1) is 18.6. The molecule has 0 atom stereocenters. The first-order chi connectivity index (χ1) is 13.1. The predicted octanol–water partition coefficient (Wildman–Crippen LogP) is 3.95. The van der Waals surface area contributed by atoms with Crippen LogP contribution in [0.2, 0.25) is 0 Å². The Hall–Kier alpha value is -3.21. The molecular weight excluding hydrogens is 340 g/mol. The van der Waals surface area contributed by atoms with Crippen LogP contribution in [0.15, 0.2) is 54.6 Å². The fourth-order valence-corrected chi connectivity index (χ4v) is 3.18. The van der Waals surface area contributed by atoms with Crippen LogP contribution < -0.4 is 14.8 Å². The summed E-state index contributed by atoms with van der Waals surface area (Å²) in [6, 6.07) is 17.6. The van der Waals surface area contributed by atoms with Crippen molar-refractivity contribution in [2.24, 2.45) is 7.05 Å². The van der Waals surface area contributed by atoms with Crippen molar-refractivity contribution in [3.8, 4) is 22.8 Å². The molecule has 0 fully saturated rings. The zero-order valence-electron chi connectivity index (χ0n) is 16.1. The van der Waals surface area contributed by atoms with Crippen LogP contribution in [0, 0.1) is 6.92 Å². The summed E-state index contributed by atoms with van der Waals surface area (Å²) >= 11 is 0. The maximum Gasteiger partial charge on any atom is 0.253 e. The molecule has 1 aromatic heterocycles. The summed E-state index contributed by atoms with van der Waals surface area (Å²) in [5.74, 6) is 1.16. The monoisotopic (exact) mass is 364 g/mol. The van der Waals surface area contributed by atoms with E-state index < -0.39 is 0 Å². The molecule has 3 rings (SSSR count). The molecule has 0 saturated heterocycles. The molecule has 0 saturated carbocycles. The van der Waals surface area contributed by atoms with Crippen LogP contribution in [0.4, 0.5) is 0 Å². The van der Waals surface area contributed by atoms with Crippen molar-refractivity contribution in [2.45, 2.75) is 13.5 Å². The average Bonchev–Trinajstić information content (AvgIpc) is 3.01. The first-order valence-corrected chi connectivity index (χ1v) is 8.76. The largest absolute Gasteiger partial charge is 0.493 e. The van der Waals surface area contributed by atoms with E-state index in [0.717, 1.165) is 22.5 Å². The second kappa shape index (κ2) is 7.99. The second-order valence-electron chi connectivity index (χ2n) is 6.29. The number of para-hydroxylation sites is 1. The van der Waals surface area contributed by atoms with Gasteiger partial charge in [0.25, 0.3) is 5.91 Å². The van der Waals surface area contributed by atoms with Crippen molar-refractivity contribution >= 4 is 5.91 Å². The molecule has 1 heterocycles. The highest BCUT2D eigenvalue weighted by molar-refractivity contribution is 5.97. The highest BCUT2D eigenvalue weighted by Crippen LogP contribution is 2.30. The fraction of sp³-hybridized carbons (Fsp3) is 0.227. The number of benzene rings is 2. The number of amides is 1.